The lowest BCUT2D eigenvalue weighted by Gasteiger charge is -2.26. The molecule has 3 unspecified atom stereocenters. The molecular formula is C61H112N2O6P+. The fourth-order valence-electron chi connectivity index (χ4n) is 8.15. The number of aliphatic hydroxyl groups excluding tert-OH is 1. The van der Waals surface area contributed by atoms with Gasteiger partial charge in [-0.2, -0.15) is 0 Å². The molecule has 1 amide bonds. The Morgan fingerprint density at radius 1 is 0.500 bits per heavy atom. The van der Waals surface area contributed by atoms with Crippen LogP contribution in [-0.2, 0) is 18.4 Å². The van der Waals surface area contributed by atoms with E-state index in [9.17, 15) is 19.4 Å². The number of allylic oxidation sites excluding steroid dienone is 14. The summed E-state index contributed by atoms with van der Waals surface area (Å²) in [5.74, 6) is -0.147. The second-order valence-corrected chi connectivity index (χ2v) is 22.1. The van der Waals surface area contributed by atoms with Crippen molar-refractivity contribution in [2.75, 3.05) is 40.9 Å². The highest BCUT2D eigenvalue weighted by atomic mass is 31.2. The lowest BCUT2D eigenvalue weighted by Crippen LogP contribution is -2.46. The molecule has 0 spiro atoms. The maximum Gasteiger partial charge on any atom is 0.472 e. The Kier molecular flexibility index (Phi) is 49.9. The highest BCUT2D eigenvalue weighted by Gasteiger charge is 2.28. The van der Waals surface area contributed by atoms with Crippen molar-refractivity contribution in [1.29, 1.82) is 0 Å². The minimum absolute atomic E-state index is 0.0727. The molecule has 0 bridgehead atoms. The van der Waals surface area contributed by atoms with Crippen molar-refractivity contribution in [1.82, 2.24) is 5.32 Å². The molecule has 0 aromatic carbocycles. The Morgan fingerprint density at radius 3 is 1.26 bits per heavy atom. The van der Waals surface area contributed by atoms with Gasteiger partial charge >= 0.3 is 7.82 Å². The third-order valence-corrected chi connectivity index (χ3v) is 13.6. The van der Waals surface area contributed by atoms with E-state index in [4.69, 9.17) is 9.05 Å². The molecule has 0 radical (unpaired) electrons. The first-order valence-corrected chi connectivity index (χ1v) is 30.4. The zero-order valence-electron chi connectivity index (χ0n) is 46.2. The molecule has 406 valence electrons. The van der Waals surface area contributed by atoms with Crippen LogP contribution >= 0.6 is 7.82 Å². The SMILES string of the molecule is CC/C=C\C/C=C\C/C=C\C/C=C\C/C=C\C/C=C\C/C=C\CCCCCCCCCCCCCCCCCC(=O)NC(COP(=O)(O)OCC[N+](C)(C)C)C(O)CCCCCCCCCCCCC. The summed E-state index contributed by atoms with van der Waals surface area (Å²) in [7, 11) is 1.61. The molecule has 0 saturated carbocycles. The van der Waals surface area contributed by atoms with Crippen molar-refractivity contribution in [2.24, 2.45) is 0 Å². The van der Waals surface area contributed by atoms with Gasteiger partial charge < -0.3 is 19.8 Å². The van der Waals surface area contributed by atoms with E-state index in [0.717, 1.165) is 83.5 Å². The molecule has 70 heavy (non-hydrogen) atoms. The Bertz CT molecular complexity index is 1410. The standard InChI is InChI=1S/C61H111N2O6P/c1-6-8-10-12-14-16-18-19-20-21-22-23-24-25-26-27-28-29-30-31-32-33-34-35-36-37-38-39-40-41-42-43-45-47-49-51-53-55-61(65)62-59(58-69-70(66,67)68-57-56-63(3,4)5)60(64)54-52-50-48-46-44-17-15-13-11-9-7-2/h8,10,14,16,19-20,22-23,25-26,28-29,31-32,59-60,64H,6-7,9,11-13,15,17-18,21,24,27,30,33-58H2,1-5H3,(H-,62,65,66,67)/p+1/b10-8-,16-14-,20-19-,23-22-,26-25-,29-28-,32-31-. The minimum atomic E-state index is -4.32. The first-order chi connectivity index (χ1) is 34.0. The van der Waals surface area contributed by atoms with Crippen LogP contribution in [0.1, 0.15) is 245 Å². The number of carbonyl (C=O) groups is 1. The van der Waals surface area contributed by atoms with Gasteiger partial charge in [0.15, 0.2) is 0 Å². The summed E-state index contributed by atoms with van der Waals surface area (Å²) in [5, 5.41) is 14.0. The highest BCUT2D eigenvalue weighted by Crippen LogP contribution is 2.43. The minimum Gasteiger partial charge on any atom is -0.391 e. The van der Waals surface area contributed by atoms with Crippen LogP contribution in [0.25, 0.3) is 0 Å². The number of quaternary nitrogens is 1. The number of unbranched alkanes of at least 4 members (excludes halogenated alkanes) is 25. The summed E-state index contributed by atoms with van der Waals surface area (Å²) in [5.41, 5.74) is 0. The molecular weight excluding hydrogens is 888 g/mol. The molecule has 0 aromatic rings. The number of nitrogens with zero attached hydrogens (tertiary/aromatic N) is 1. The maximum atomic E-state index is 13.0. The van der Waals surface area contributed by atoms with Crippen LogP contribution < -0.4 is 5.32 Å². The topological polar surface area (TPSA) is 105 Å². The quantitative estimate of drug-likeness (QED) is 0.0243. The molecule has 3 atom stereocenters. The van der Waals surface area contributed by atoms with Crippen LogP contribution in [0.4, 0.5) is 0 Å². The average Bonchev–Trinajstić information content (AvgIpc) is 3.32. The predicted octanol–water partition coefficient (Wildman–Crippen LogP) is 17.6. The number of hydrogen-bond donors (Lipinski definition) is 3. The predicted molar refractivity (Wildman–Crippen MR) is 304 cm³/mol. The molecule has 3 N–H and O–H groups in total. The number of amides is 1. The van der Waals surface area contributed by atoms with Gasteiger partial charge in [0.05, 0.1) is 39.9 Å². The van der Waals surface area contributed by atoms with Crippen molar-refractivity contribution in [3.63, 3.8) is 0 Å². The molecule has 0 aromatic heterocycles. The number of phosphoric acid groups is 1. The second-order valence-electron chi connectivity index (χ2n) is 20.6. The van der Waals surface area contributed by atoms with Crippen molar-refractivity contribution in [3.8, 4) is 0 Å². The van der Waals surface area contributed by atoms with E-state index in [1.165, 1.54) is 135 Å². The lowest BCUT2D eigenvalue weighted by molar-refractivity contribution is -0.870. The normalized spacial score (nSPS) is 14.6. The molecule has 0 aliphatic heterocycles. The molecule has 0 aliphatic rings. The zero-order valence-corrected chi connectivity index (χ0v) is 47.1. The van der Waals surface area contributed by atoms with Gasteiger partial charge in [-0.05, 0) is 70.6 Å². The summed E-state index contributed by atoms with van der Waals surface area (Å²) in [4.78, 5) is 23.3. The van der Waals surface area contributed by atoms with Crippen molar-refractivity contribution >= 4 is 13.7 Å². The van der Waals surface area contributed by atoms with E-state index < -0.39 is 20.0 Å². The van der Waals surface area contributed by atoms with E-state index in [1.807, 2.05) is 21.1 Å². The van der Waals surface area contributed by atoms with Gasteiger partial charge in [0.1, 0.15) is 13.2 Å². The third-order valence-electron chi connectivity index (χ3n) is 12.7. The van der Waals surface area contributed by atoms with Gasteiger partial charge in [0.25, 0.3) is 0 Å². The number of carbonyl (C=O) groups excluding carboxylic acids is 1. The number of rotatable bonds is 52. The van der Waals surface area contributed by atoms with E-state index in [2.05, 4.69) is 104 Å². The van der Waals surface area contributed by atoms with Crippen molar-refractivity contribution in [2.45, 2.75) is 257 Å². The molecule has 9 heteroatoms. The summed E-state index contributed by atoms with van der Waals surface area (Å²) in [6.07, 6.45) is 72.2. The fraction of sp³-hybridized carbons (Fsp3) is 0.754. The smallest absolute Gasteiger partial charge is 0.391 e. The lowest BCUT2D eigenvalue weighted by atomic mass is 10.0. The summed E-state index contributed by atoms with van der Waals surface area (Å²) in [6.45, 7) is 4.76. The van der Waals surface area contributed by atoms with Crippen LogP contribution in [0.5, 0.6) is 0 Å². The van der Waals surface area contributed by atoms with Gasteiger partial charge in [-0.25, -0.2) is 4.57 Å². The van der Waals surface area contributed by atoms with E-state index >= 15 is 0 Å². The summed E-state index contributed by atoms with van der Waals surface area (Å²) >= 11 is 0. The fourth-order valence-corrected chi connectivity index (χ4v) is 8.88. The molecule has 0 fully saturated rings. The highest BCUT2D eigenvalue weighted by molar-refractivity contribution is 7.47. The Balaban J connectivity index is 3.97. The van der Waals surface area contributed by atoms with Gasteiger partial charge in [0, 0.05) is 6.42 Å². The van der Waals surface area contributed by atoms with Gasteiger partial charge in [0.2, 0.25) is 5.91 Å². The van der Waals surface area contributed by atoms with Crippen LogP contribution in [-0.4, -0.2) is 73.4 Å². The third kappa shape index (κ3) is 53.5. The largest absolute Gasteiger partial charge is 0.472 e. The Morgan fingerprint density at radius 2 is 0.857 bits per heavy atom. The van der Waals surface area contributed by atoms with E-state index in [0.29, 0.717) is 23.9 Å². The van der Waals surface area contributed by atoms with Gasteiger partial charge in [-0.1, -0.05) is 253 Å². The Hall–Kier alpha value is -2.32. The van der Waals surface area contributed by atoms with Crippen molar-refractivity contribution < 1.29 is 32.9 Å². The number of nitrogens with one attached hydrogen (secondary N) is 1. The Labute approximate surface area is 433 Å². The maximum absolute atomic E-state index is 13.0. The first-order valence-electron chi connectivity index (χ1n) is 29.0. The first kappa shape index (κ1) is 67.7. The van der Waals surface area contributed by atoms with Crippen LogP contribution in [0.3, 0.4) is 0 Å². The molecule has 0 rings (SSSR count). The van der Waals surface area contributed by atoms with Crippen LogP contribution in [0.15, 0.2) is 85.1 Å². The molecule has 8 nitrogen and oxygen atoms in total. The average molecular weight is 1000 g/mol. The number of likely N-dealkylation sites (N-methyl/N-ethyl adjacent to an activating group) is 1. The molecule has 0 saturated heterocycles. The van der Waals surface area contributed by atoms with Crippen LogP contribution in [0.2, 0.25) is 0 Å². The van der Waals surface area contributed by atoms with Gasteiger partial charge in [-0.15, -0.1) is 0 Å². The summed E-state index contributed by atoms with van der Waals surface area (Å²) in [6, 6.07) is -0.762. The summed E-state index contributed by atoms with van der Waals surface area (Å²) < 4.78 is 23.7. The zero-order chi connectivity index (χ0) is 51.3. The van der Waals surface area contributed by atoms with Crippen molar-refractivity contribution in [3.05, 3.63) is 85.1 Å². The number of phosphoric ester groups is 1. The monoisotopic (exact) mass is 1000 g/mol. The molecule has 0 heterocycles. The molecule has 0 aliphatic carbocycles. The van der Waals surface area contributed by atoms with E-state index in [-0.39, 0.29) is 19.1 Å². The number of aliphatic hydroxyl groups is 1. The van der Waals surface area contributed by atoms with Gasteiger partial charge in [-0.3, -0.25) is 13.8 Å². The number of hydrogen-bond acceptors (Lipinski definition) is 5. The second kappa shape index (κ2) is 51.6. The van der Waals surface area contributed by atoms with E-state index in [1.54, 1.807) is 0 Å². The van der Waals surface area contributed by atoms with Crippen LogP contribution in [0, 0.1) is 0 Å².